The van der Waals surface area contributed by atoms with Gasteiger partial charge < -0.3 is 5.73 Å². The molecule has 22 heavy (non-hydrogen) atoms. The average molecular weight is 344 g/mol. The molecule has 116 valence electrons. The van der Waals surface area contributed by atoms with Crippen LogP contribution in [0.4, 0.5) is 4.79 Å². The van der Waals surface area contributed by atoms with Crippen LogP contribution in [0.2, 0.25) is 10.0 Å². The molecule has 1 fully saturated rings. The number of likely N-dealkylation sites (N-methyl/N-ethyl adjacent to an activating group) is 2. The molecule has 1 aromatic carbocycles. The standard InChI is InChI=1S/C13H11Cl2N3O4/c1-17-10(20)13(9(16)19,11(21)18(2)12(17)22)6-3-4-7(14)8(15)5-6/h3-5H,1-2H3,(H2,16,19). The van der Waals surface area contributed by atoms with E-state index in [2.05, 4.69) is 0 Å². The van der Waals surface area contributed by atoms with E-state index in [4.69, 9.17) is 28.9 Å². The Morgan fingerprint density at radius 1 is 1.05 bits per heavy atom. The highest BCUT2D eigenvalue weighted by molar-refractivity contribution is 6.42. The minimum Gasteiger partial charge on any atom is -0.368 e. The maximum atomic E-state index is 12.5. The number of hydrogen-bond acceptors (Lipinski definition) is 4. The van der Waals surface area contributed by atoms with E-state index in [1.54, 1.807) is 0 Å². The topological polar surface area (TPSA) is 101 Å². The van der Waals surface area contributed by atoms with Crippen molar-refractivity contribution in [3.8, 4) is 0 Å². The van der Waals surface area contributed by atoms with E-state index in [1.165, 1.54) is 18.2 Å². The predicted molar refractivity (Wildman–Crippen MR) is 78.3 cm³/mol. The van der Waals surface area contributed by atoms with Gasteiger partial charge in [0.05, 0.1) is 10.0 Å². The molecule has 0 aliphatic carbocycles. The van der Waals surface area contributed by atoms with E-state index < -0.39 is 29.2 Å². The largest absolute Gasteiger partial charge is 0.368 e. The van der Waals surface area contributed by atoms with Crippen molar-refractivity contribution in [1.29, 1.82) is 0 Å². The molecule has 1 aliphatic heterocycles. The number of urea groups is 1. The van der Waals surface area contributed by atoms with Crippen LogP contribution in [0.1, 0.15) is 5.56 Å². The average Bonchev–Trinajstić information content (AvgIpc) is 2.47. The van der Waals surface area contributed by atoms with E-state index in [9.17, 15) is 19.2 Å². The summed E-state index contributed by atoms with van der Waals surface area (Å²) in [5, 5.41) is 0.223. The molecule has 0 bridgehead atoms. The Morgan fingerprint density at radius 3 is 1.95 bits per heavy atom. The Hall–Kier alpha value is -2.12. The molecule has 2 N–H and O–H groups in total. The van der Waals surface area contributed by atoms with Crippen LogP contribution in [0, 0.1) is 0 Å². The SMILES string of the molecule is CN1C(=O)N(C)C(=O)C(C(N)=O)(c2ccc(Cl)c(Cl)c2)C1=O. The van der Waals surface area contributed by atoms with Gasteiger partial charge in [-0.1, -0.05) is 29.3 Å². The molecule has 0 radical (unpaired) electrons. The van der Waals surface area contributed by atoms with Gasteiger partial charge in [-0.25, -0.2) is 4.79 Å². The van der Waals surface area contributed by atoms with Gasteiger partial charge >= 0.3 is 6.03 Å². The van der Waals surface area contributed by atoms with E-state index in [0.29, 0.717) is 9.80 Å². The second kappa shape index (κ2) is 5.26. The first-order valence-corrected chi connectivity index (χ1v) is 6.77. The van der Waals surface area contributed by atoms with Crippen LogP contribution in [0.25, 0.3) is 0 Å². The van der Waals surface area contributed by atoms with Crippen molar-refractivity contribution in [2.24, 2.45) is 5.73 Å². The zero-order valence-corrected chi connectivity index (χ0v) is 13.1. The zero-order valence-electron chi connectivity index (χ0n) is 11.6. The Labute approximate surface area is 135 Å². The molecule has 1 saturated heterocycles. The molecular formula is C13H11Cl2N3O4. The number of imide groups is 2. The van der Waals surface area contributed by atoms with Gasteiger partial charge in [0, 0.05) is 14.1 Å². The number of nitrogens with zero attached hydrogens (tertiary/aromatic N) is 2. The minimum absolute atomic E-state index is 0.0441. The summed E-state index contributed by atoms with van der Waals surface area (Å²) in [6, 6.07) is 2.99. The monoisotopic (exact) mass is 343 g/mol. The van der Waals surface area contributed by atoms with Gasteiger partial charge in [-0.2, -0.15) is 0 Å². The van der Waals surface area contributed by atoms with Crippen LogP contribution in [0.3, 0.4) is 0 Å². The molecule has 2 rings (SSSR count). The van der Waals surface area contributed by atoms with E-state index in [-0.39, 0.29) is 15.6 Å². The normalized spacial score (nSPS) is 17.9. The molecule has 1 aromatic rings. The van der Waals surface area contributed by atoms with Gasteiger partial charge in [0.25, 0.3) is 11.8 Å². The Kier molecular flexibility index (Phi) is 3.88. The smallest absolute Gasteiger partial charge is 0.332 e. The summed E-state index contributed by atoms with van der Waals surface area (Å²) in [6.07, 6.45) is 0. The maximum Gasteiger partial charge on any atom is 0.332 e. The van der Waals surface area contributed by atoms with Crippen molar-refractivity contribution >= 4 is 47.0 Å². The van der Waals surface area contributed by atoms with Gasteiger partial charge in [-0.3, -0.25) is 24.2 Å². The number of rotatable bonds is 2. The number of nitrogens with two attached hydrogens (primary N) is 1. The Morgan fingerprint density at radius 2 is 1.55 bits per heavy atom. The van der Waals surface area contributed by atoms with Crippen LogP contribution >= 0.6 is 23.2 Å². The van der Waals surface area contributed by atoms with E-state index >= 15 is 0 Å². The Balaban J connectivity index is 2.78. The fourth-order valence-corrected chi connectivity index (χ4v) is 2.62. The summed E-state index contributed by atoms with van der Waals surface area (Å²) in [6.45, 7) is 0. The molecule has 9 heteroatoms. The van der Waals surface area contributed by atoms with Crippen molar-refractivity contribution in [2.45, 2.75) is 5.41 Å². The highest BCUT2D eigenvalue weighted by Gasteiger charge is 2.61. The number of carbonyl (C=O) groups excluding carboxylic acids is 4. The number of amides is 5. The maximum absolute atomic E-state index is 12.5. The zero-order chi connectivity index (χ0) is 16.8. The number of barbiturate groups is 1. The molecule has 5 amide bonds. The minimum atomic E-state index is -2.36. The van der Waals surface area contributed by atoms with Crippen LogP contribution in [-0.2, 0) is 19.8 Å². The Bertz CT molecular complexity index is 695. The summed E-state index contributed by atoms with van der Waals surface area (Å²) in [4.78, 5) is 50.2. The highest BCUT2D eigenvalue weighted by atomic mass is 35.5. The fraction of sp³-hybridized carbons (Fsp3) is 0.231. The highest BCUT2D eigenvalue weighted by Crippen LogP contribution is 2.35. The van der Waals surface area contributed by atoms with Gasteiger partial charge in [-0.15, -0.1) is 0 Å². The first kappa shape index (κ1) is 16.3. The molecule has 0 spiro atoms. The van der Waals surface area contributed by atoms with Crippen molar-refractivity contribution in [3.63, 3.8) is 0 Å². The summed E-state index contributed by atoms with van der Waals surface area (Å²) >= 11 is 11.7. The molecule has 0 aromatic heterocycles. The van der Waals surface area contributed by atoms with E-state index in [0.717, 1.165) is 14.1 Å². The molecule has 1 aliphatic rings. The third-order valence-corrected chi connectivity index (χ3v) is 4.29. The first-order chi connectivity index (χ1) is 10.2. The van der Waals surface area contributed by atoms with E-state index in [1.807, 2.05) is 0 Å². The predicted octanol–water partition coefficient (Wildman–Crippen LogP) is 0.767. The van der Waals surface area contributed by atoms with Crippen LogP contribution in [-0.4, -0.2) is 47.6 Å². The number of primary amides is 1. The second-order valence-electron chi connectivity index (χ2n) is 4.75. The molecule has 7 nitrogen and oxygen atoms in total. The van der Waals surface area contributed by atoms with Crippen molar-refractivity contribution in [3.05, 3.63) is 33.8 Å². The summed E-state index contributed by atoms with van der Waals surface area (Å²) in [7, 11) is 2.31. The lowest BCUT2D eigenvalue weighted by Gasteiger charge is -2.39. The third-order valence-electron chi connectivity index (χ3n) is 3.55. The van der Waals surface area contributed by atoms with Crippen LogP contribution < -0.4 is 5.73 Å². The lowest BCUT2D eigenvalue weighted by molar-refractivity contribution is -0.154. The van der Waals surface area contributed by atoms with Crippen molar-refractivity contribution in [2.75, 3.05) is 14.1 Å². The van der Waals surface area contributed by atoms with Crippen LogP contribution in [0.15, 0.2) is 18.2 Å². The number of halogens is 2. The number of carbonyl (C=O) groups is 4. The first-order valence-electron chi connectivity index (χ1n) is 6.01. The van der Waals surface area contributed by atoms with Gasteiger partial charge in [0.15, 0.2) is 0 Å². The summed E-state index contributed by atoms with van der Waals surface area (Å²) in [5.74, 6) is -3.27. The molecular weight excluding hydrogens is 333 g/mol. The molecule has 0 saturated carbocycles. The van der Waals surface area contributed by atoms with Gasteiger partial charge in [0.2, 0.25) is 11.3 Å². The molecule has 0 atom stereocenters. The molecule has 1 heterocycles. The van der Waals surface area contributed by atoms with Gasteiger partial charge in [0.1, 0.15) is 0 Å². The summed E-state index contributed by atoms with van der Waals surface area (Å²) < 4.78 is 0. The van der Waals surface area contributed by atoms with Crippen molar-refractivity contribution < 1.29 is 19.2 Å². The molecule has 0 unspecified atom stereocenters. The lowest BCUT2D eigenvalue weighted by Crippen LogP contribution is -2.69. The lowest BCUT2D eigenvalue weighted by atomic mass is 9.76. The third kappa shape index (κ3) is 1.97. The van der Waals surface area contributed by atoms with Gasteiger partial charge in [-0.05, 0) is 17.7 Å². The summed E-state index contributed by atoms with van der Waals surface area (Å²) in [5.41, 5.74) is 2.95. The number of benzene rings is 1. The van der Waals surface area contributed by atoms with Crippen molar-refractivity contribution in [1.82, 2.24) is 9.80 Å². The van der Waals surface area contributed by atoms with Crippen LogP contribution in [0.5, 0.6) is 0 Å². The fourth-order valence-electron chi connectivity index (χ4n) is 2.32. The second-order valence-corrected chi connectivity index (χ2v) is 5.57. The number of hydrogen-bond donors (Lipinski definition) is 1. The quantitative estimate of drug-likeness (QED) is 0.801.